The van der Waals surface area contributed by atoms with Crippen molar-refractivity contribution in [2.45, 2.75) is 29.9 Å². The average Bonchev–Trinajstić information content (AvgIpc) is 2.67. The second kappa shape index (κ2) is 8.41. The Bertz CT molecular complexity index is 663. The predicted octanol–water partition coefficient (Wildman–Crippen LogP) is 1.74. The fourth-order valence-corrected chi connectivity index (χ4v) is 4.58. The zero-order valence-electron chi connectivity index (χ0n) is 15.5. The number of nitrogens with one attached hydrogen (secondary N) is 1. The van der Waals surface area contributed by atoms with Crippen LogP contribution in [0.4, 0.5) is 5.69 Å². The number of fused-ring (bicyclic) bond motifs is 1. The minimum atomic E-state index is -1.12. The first-order valence-electron chi connectivity index (χ1n) is 9.24. The number of anilines is 1. The van der Waals surface area contributed by atoms with Crippen LogP contribution in [0.3, 0.4) is 0 Å². The average molecular weight is 378 g/mol. The normalized spacial score (nSPS) is 23.6. The standard InChI is InChI=1S/C19H27N3O3S/c1-3-22-15-7-4-5-8-16(15)26-19(2,18(22)24)17(23)20-9-6-10-21-11-13-25-14-12-21/h4-5,7-8H,3,6,9-14H2,1-2H3,(H,20,23). The Morgan fingerprint density at radius 2 is 2.04 bits per heavy atom. The molecule has 3 rings (SSSR count). The number of nitrogens with zero attached hydrogens (tertiary/aromatic N) is 2. The lowest BCUT2D eigenvalue weighted by Crippen LogP contribution is -2.56. The van der Waals surface area contributed by atoms with Crippen LogP contribution in [0.25, 0.3) is 0 Å². The second-order valence-electron chi connectivity index (χ2n) is 6.72. The molecule has 0 radical (unpaired) electrons. The first-order valence-corrected chi connectivity index (χ1v) is 10.1. The Kier molecular flexibility index (Phi) is 6.21. The van der Waals surface area contributed by atoms with Crippen LogP contribution < -0.4 is 10.2 Å². The first-order chi connectivity index (χ1) is 12.6. The molecule has 1 N–H and O–H groups in total. The molecule has 2 aliphatic rings. The van der Waals surface area contributed by atoms with Gasteiger partial charge >= 0.3 is 0 Å². The maximum Gasteiger partial charge on any atom is 0.252 e. The predicted molar refractivity (Wildman–Crippen MR) is 104 cm³/mol. The number of rotatable bonds is 6. The zero-order valence-corrected chi connectivity index (χ0v) is 16.3. The van der Waals surface area contributed by atoms with Gasteiger partial charge in [0.05, 0.1) is 18.9 Å². The molecule has 1 saturated heterocycles. The van der Waals surface area contributed by atoms with E-state index in [0.29, 0.717) is 13.1 Å². The Morgan fingerprint density at radius 1 is 1.31 bits per heavy atom. The topological polar surface area (TPSA) is 61.9 Å². The van der Waals surface area contributed by atoms with Gasteiger partial charge in [0.15, 0.2) is 4.75 Å². The molecule has 1 aromatic rings. The number of carbonyl (C=O) groups excluding carboxylic acids is 2. The molecule has 0 aromatic heterocycles. The van der Waals surface area contributed by atoms with Crippen LogP contribution in [0.2, 0.25) is 0 Å². The molecule has 142 valence electrons. The van der Waals surface area contributed by atoms with Gasteiger partial charge in [-0.15, -0.1) is 0 Å². The van der Waals surface area contributed by atoms with Crippen molar-refractivity contribution >= 4 is 29.3 Å². The SMILES string of the molecule is CCN1C(=O)C(C)(C(=O)NCCCN2CCOCC2)Sc2ccccc21. The Morgan fingerprint density at radius 3 is 2.77 bits per heavy atom. The molecule has 0 aliphatic carbocycles. The lowest BCUT2D eigenvalue weighted by atomic mass is 10.1. The van der Waals surface area contributed by atoms with Gasteiger partial charge in [0.2, 0.25) is 5.91 Å². The summed E-state index contributed by atoms with van der Waals surface area (Å²) in [6.45, 7) is 9.18. The summed E-state index contributed by atoms with van der Waals surface area (Å²) in [5, 5.41) is 2.97. The van der Waals surface area contributed by atoms with Gasteiger partial charge in [0, 0.05) is 31.1 Å². The van der Waals surface area contributed by atoms with Gasteiger partial charge in [0.1, 0.15) is 0 Å². The van der Waals surface area contributed by atoms with Gasteiger partial charge in [-0.25, -0.2) is 0 Å². The summed E-state index contributed by atoms with van der Waals surface area (Å²) >= 11 is 1.35. The first kappa shape index (κ1) is 19.2. The van der Waals surface area contributed by atoms with Crippen molar-refractivity contribution in [2.75, 3.05) is 50.8 Å². The highest BCUT2D eigenvalue weighted by atomic mass is 32.2. The molecular formula is C19H27N3O3S. The van der Waals surface area contributed by atoms with Gasteiger partial charge in [-0.2, -0.15) is 0 Å². The van der Waals surface area contributed by atoms with Crippen LogP contribution in [0.5, 0.6) is 0 Å². The summed E-state index contributed by atoms with van der Waals surface area (Å²) < 4.78 is 4.22. The molecule has 6 nitrogen and oxygen atoms in total. The summed E-state index contributed by atoms with van der Waals surface area (Å²) in [6.07, 6.45) is 0.870. The third kappa shape index (κ3) is 3.89. The van der Waals surface area contributed by atoms with Gasteiger partial charge in [-0.3, -0.25) is 14.5 Å². The van der Waals surface area contributed by atoms with E-state index in [1.165, 1.54) is 11.8 Å². The van der Waals surface area contributed by atoms with Crippen LogP contribution in [0.15, 0.2) is 29.2 Å². The van der Waals surface area contributed by atoms with E-state index >= 15 is 0 Å². The summed E-state index contributed by atoms with van der Waals surface area (Å²) in [4.78, 5) is 30.8. The van der Waals surface area contributed by atoms with E-state index in [4.69, 9.17) is 4.74 Å². The molecule has 26 heavy (non-hydrogen) atoms. The molecule has 7 heteroatoms. The third-order valence-corrected chi connectivity index (χ3v) is 6.25. The number of morpholine rings is 1. The van der Waals surface area contributed by atoms with Crippen LogP contribution in [0, 0.1) is 0 Å². The molecule has 1 unspecified atom stereocenters. The molecule has 2 amide bonds. The van der Waals surface area contributed by atoms with Crippen molar-refractivity contribution in [2.24, 2.45) is 0 Å². The Labute approximate surface area is 159 Å². The summed E-state index contributed by atoms with van der Waals surface area (Å²) in [6, 6.07) is 7.77. The van der Waals surface area contributed by atoms with E-state index in [-0.39, 0.29) is 11.8 Å². The highest BCUT2D eigenvalue weighted by molar-refractivity contribution is 8.02. The number of para-hydroxylation sites is 1. The molecule has 0 saturated carbocycles. The minimum absolute atomic E-state index is 0.144. The molecule has 2 aliphatic heterocycles. The zero-order chi connectivity index (χ0) is 18.6. The van der Waals surface area contributed by atoms with Crippen LogP contribution >= 0.6 is 11.8 Å². The molecule has 1 fully saturated rings. The Hall–Kier alpha value is -1.57. The molecule has 1 aromatic carbocycles. The smallest absolute Gasteiger partial charge is 0.252 e. The van der Waals surface area contributed by atoms with E-state index in [1.54, 1.807) is 11.8 Å². The van der Waals surface area contributed by atoms with Gasteiger partial charge < -0.3 is 15.0 Å². The van der Waals surface area contributed by atoms with Gasteiger partial charge in [-0.05, 0) is 38.9 Å². The molecule has 0 bridgehead atoms. The van der Waals surface area contributed by atoms with Crippen LogP contribution in [-0.4, -0.2) is 67.4 Å². The fraction of sp³-hybridized carbons (Fsp3) is 0.579. The number of hydrogen-bond acceptors (Lipinski definition) is 5. The third-order valence-electron chi connectivity index (χ3n) is 4.91. The maximum atomic E-state index is 13.0. The van der Waals surface area contributed by atoms with Crippen molar-refractivity contribution in [3.8, 4) is 0 Å². The number of thioether (sulfide) groups is 1. The van der Waals surface area contributed by atoms with E-state index in [2.05, 4.69) is 10.2 Å². The van der Waals surface area contributed by atoms with Crippen molar-refractivity contribution < 1.29 is 14.3 Å². The van der Waals surface area contributed by atoms with E-state index < -0.39 is 4.75 Å². The van der Waals surface area contributed by atoms with E-state index in [0.717, 1.165) is 49.9 Å². The van der Waals surface area contributed by atoms with Crippen molar-refractivity contribution in [3.63, 3.8) is 0 Å². The number of hydrogen-bond donors (Lipinski definition) is 1. The second-order valence-corrected chi connectivity index (χ2v) is 8.18. The fourth-order valence-electron chi connectivity index (χ4n) is 3.35. The summed E-state index contributed by atoms with van der Waals surface area (Å²) in [5.41, 5.74) is 0.891. The van der Waals surface area contributed by atoms with E-state index in [9.17, 15) is 9.59 Å². The van der Waals surface area contributed by atoms with Gasteiger partial charge in [0.25, 0.3) is 5.91 Å². The Balaban J connectivity index is 1.60. The molecule has 0 spiro atoms. The molecule has 2 heterocycles. The van der Waals surface area contributed by atoms with Crippen molar-refractivity contribution in [1.82, 2.24) is 10.2 Å². The number of benzene rings is 1. The summed E-state index contributed by atoms with van der Waals surface area (Å²) in [7, 11) is 0. The van der Waals surface area contributed by atoms with Crippen molar-refractivity contribution in [3.05, 3.63) is 24.3 Å². The number of amides is 2. The molecular weight excluding hydrogens is 350 g/mol. The number of carbonyl (C=O) groups is 2. The van der Waals surface area contributed by atoms with Crippen molar-refractivity contribution in [1.29, 1.82) is 0 Å². The minimum Gasteiger partial charge on any atom is -0.379 e. The molecule has 1 atom stereocenters. The van der Waals surface area contributed by atoms with Gasteiger partial charge in [-0.1, -0.05) is 23.9 Å². The lowest BCUT2D eigenvalue weighted by Gasteiger charge is -2.38. The quantitative estimate of drug-likeness (QED) is 0.604. The largest absolute Gasteiger partial charge is 0.379 e. The summed E-state index contributed by atoms with van der Waals surface area (Å²) in [5.74, 6) is -0.350. The highest BCUT2D eigenvalue weighted by Gasteiger charge is 2.48. The maximum absolute atomic E-state index is 13.0. The van der Waals surface area contributed by atoms with Crippen LogP contribution in [0.1, 0.15) is 20.3 Å². The van der Waals surface area contributed by atoms with E-state index in [1.807, 2.05) is 31.2 Å². The van der Waals surface area contributed by atoms with Crippen LogP contribution in [-0.2, 0) is 14.3 Å². The number of ether oxygens (including phenoxy) is 1. The highest BCUT2D eigenvalue weighted by Crippen LogP contribution is 2.45. The monoisotopic (exact) mass is 377 g/mol. The lowest BCUT2D eigenvalue weighted by molar-refractivity contribution is -0.131.